The predicted octanol–water partition coefficient (Wildman–Crippen LogP) is 3.20. The molecular weight excluding hydrogens is 339 g/mol. The summed E-state index contributed by atoms with van der Waals surface area (Å²) < 4.78 is 20.2. The number of nitrogens with two attached hydrogens (primary N) is 1. The molecule has 0 atom stereocenters. The average molecular weight is 354 g/mol. The van der Waals surface area contributed by atoms with E-state index in [1.807, 2.05) is 0 Å². The van der Waals surface area contributed by atoms with Gasteiger partial charge in [-0.2, -0.15) is 0 Å². The molecule has 0 saturated heterocycles. The summed E-state index contributed by atoms with van der Waals surface area (Å²) in [5.74, 6) is 0.114. The molecule has 1 aliphatic heterocycles. The van der Waals surface area contributed by atoms with Crippen molar-refractivity contribution in [1.82, 2.24) is 9.97 Å². The standard InChI is InChI=1S/C18H15FN4O3/c1-9-13(8-22-17-16(9)23(18(24)25)2-3-26-17)12-4-10-6-15(20)21-7-11(10)5-14(12)19/h4-8H,2-3H2,1H3,(H2,20,21)(H,24,25). The van der Waals surface area contributed by atoms with Gasteiger partial charge in [-0.25, -0.2) is 19.2 Å². The highest BCUT2D eigenvalue weighted by Crippen LogP contribution is 2.39. The summed E-state index contributed by atoms with van der Waals surface area (Å²) >= 11 is 0. The van der Waals surface area contributed by atoms with Crippen LogP contribution in [-0.4, -0.2) is 34.3 Å². The lowest BCUT2D eigenvalue weighted by atomic mass is 9.98. The molecule has 2 aromatic heterocycles. The molecule has 26 heavy (non-hydrogen) atoms. The molecule has 0 aliphatic carbocycles. The monoisotopic (exact) mass is 354 g/mol. The number of amides is 1. The maximum absolute atomic E-state index is 14.7. The van der Waals surface area contributed by atoms with E-state index in [0.29, 0.717) is 33.6 Å². The van der Waals surface area contributed by atoms with Crippen molar-refractivity contribution in [1.29, 1.82) is 0 Å². The lowest BCUT2D eigenvalue weighted by Gasteiger charge is -2.28. The number of carboxylic acid groups (broad SMARTS) is 1. The van der Waals surface area contributed by atoms with Crippen LogP contribution in [0.5, 0.6) is 5.88 Å². The summed E-state index contributed by atoms with van der Waals surface area (Å²) in [6.45, 7) is 2.14. The summed E-state index contributed by atoms with van der Waals surface area (Å²) in [5.41, 5.74) is 7.45. The van der Waals surface area contributed by atoms with Crippen LogP contribution in [-0.2, 0) is 0 Å². The summed E-state index contributed by atoms with van der Waals surface area (Å²) in [6.07, 6.45) is 1.90. The first-order valence-corrected chi connectivity index (χ1v) is 7.93. The minimum atomic E-state index is -1.10. The number of hydrogen-bond donors (Lipinski definition) is 2. The van der Waals surface area contributed by atoms with E-state index in [1.54, 1.807) is 19.1 Å². The van der Waals surface area contributed by atoms with Crippen LogP contribution in [0.3, 0.4) is 0 Å². The Kier molecular flexibility index (Phi) is 3.61. The highest BCUT2D eigenvalue weighted by atomic mass is 19.1. The molecule has 1 amide bonds. The van der Waals surface area contributed by atoms with Crippen LogP contribution in [0.4, 0.5) is 20.7 Å². The Labute approximate surface area is 147 Å². The summed E-state index contributed by atoms with van der Waals surface area (Å²) in [6, 6.07) is 4.70. The molecule has 0 unspecified atom stereocenters. The summed E-state index contributed by atoms with van der Waals surface area (Å²) in [4.78, 5) is 20.9. The Hall–Kier alpha value is -3.42. The molecule has 4 rings (SSSR count). The molecule has 3 N–H and O–H groups in total. The number of benzene rings is 1. The third-order valence-corrected chi connectivity index (χ3v) is 4.45. The van der Waals surface area contributed by atoms with E-state index in [2.05, 4.69) is 9.97 Å². The Morgan fingerprint density at radius 1 is 1.23 bits per heavy atom. The Morgan fingerprint density at radius 3 is 2.81 bits per heavy atom. The molecule has 0 saturated carbocycles. The van der Waals surface area contributed by atoms with Gasteiger partial charge in [-0.05, 0) is 36.1 Å². The Balaban J connectivity index is 1.94. The van der Waals surface area contributed by atoms with E-state index >= 15 is 0 Å². The smallest absolute Gasteiger partial charge is 0.412 e. The molecular formula is C18H15FN4O3. The van der Waals surface area contributed by atoms with Gasteiger partial charge in [0.1, 0.15) is 23.9 Å². The molecule has 1 aromatic carbocycles. The molecule has 1 aliphatic rings. The van der Waals surface area contributed by atoms with Crippen LogP contribution in [0.1, 0.15) is 5.56 Å². The molecule has 7 nitrogen and oxygen atoms in total. The Bertz CT molecular complexity index is 1050. The van der Waals surface area contributed by atoms with E-state index in [9.17, 15) is 14.3 Å². The van der Waals surface area contributed by atoms with Crippen LogP contribution >= 0.6 is 0 Å². The van der Waals surface area contributed by atoms with E-state index in [1.165, 1.54) is 23.4 Å². The van der Waals surface area contributed by atoms with E-state index in [-0.39, 0.29) is 19.0 Å². The number of ether oxygens (including phenoxy) is 1. The zero-order valence-corrected chi connectivity index (χ0v) is 13.9. The fraction of sp³-hybridized carbons (Fsp3) is 0.167. The lowest BCUT2D eigenvalue weighted by Crippen LogP contribution is -2.37. The minimum absolute atomic E-state index is 0.191. The number of carbonyl (C=O) groups is 1. The maximum Gasteiger partial charge on any atom is 0.412 e. The second-order valence-corrected chi connectivity index (χ2v) is 6.02. The van der Waals surface area contributed by atoms with Gasteiger partial charge in [-0.15, -0.1) is 0 Å². The third-order valence-electron chi connectivity index (χ3n) is 4.45. The number of anilines is 2. The quantitative estimate of drug-likeness (QED) is 0.696. The van der Waals surface area contributed by atoms with E-state index < -0.39 is 11.9 Å². The number of nitrogen functional groups attached to an aromatic ring is 1. The molecule has 3 aromatic rings. The minimum Gasteiger partial charge on any atom is -0.474 e. The normalized spacial score (nSPS) is 13.4. The molecule has 132 valence electrons. The van der Waals surface area contributed by atoms with Gasteiger partial charge in [0.25, 0.3) is 0 Å². The van der Waals surface area contributed by atoms with Gasteiger partial charge >= 0.3 is 6.09 Å². The van der Waals surface area contributed by atoms with Gasteiger partial charge in [-0.1, -0.05) is 0 Å². The van der Waals surface area contributed by atoms with Crippen molar-refractivity contribution in [3.05, 3.63) is 42.0 Å². The highest BCUT2D eigenvalue weighted by Gasteiger charge is 2.28. The van der Waals surface area contributed by atoms with Crippen LogP contribution in [0.15, 0.2) is 30.6 Å². The molecule has 0 fully saturated rings. The number of pyridine rings is 2. The number of nitrogens with zero attached hydrogens (tertiary/aromatic N) is 3. The third kappa shape index (κ3) is 2.46. The van der Waals surface area contributed by atoms with Crippen LogP contribution in [0, 0.1) is 12.7 Å². The number of hydrogen-bond acceptors (Lipinski definition) is 5. The van der Waals surface area contributed by atoms with Crippen molar-refractivity contribution in [2.24, 2.45) is 0 Å². The van der Waals surface area contributed by atoms with Gasteiger partial charge < -0.3 is 15.6 Å². The van der Waals surface area contributed by atoms with Crippen molar-refractivity contribution in [2.45, 2.75) is 6.92 Å². The second-order valence-electron chi connectivity index (χ2n) is 6.02. The van der Waals surface area contributed by atoms with Crippen molar-refractivity contribution >= 4 is 28.4 Å². The zero-order valence-electron chi connectivity index (χ0n) is 13.9. The number of rotatable bonds is 1. The molecule has 0 radical (unpaired) electrons. The molecule has 3 heterocycles. The second kappa shape index (κ2) is 5.83. The Morgan fingerprint density at radius 2 is 2.04 bits per heavy atom. The first kappa shape index (κ1) is 16.1. The average Bonchev–Trinajstić information content (AvgIpc) is 2.61. The van der Waals surface area contributed by atoms with Gasteiger partial charge in [0.2, 0.25) is 5.88 Å². The molecule has 8 heteroatoms. The fourth-order valence-electron chi connectivity index (χ4n) is 3.19. The van der Waals surface area contributed by atoms with E-state index in [4.69, 9.17) is 10.5 Å². The van der Waals surface area contributed by atoms with Gasteiger partial charge in [0.15, 0.2) is 0 Å². The topological polar surface area (TPSA) is 102 Å². The van der Waals surface area contributed by atoms with E-state index in [0.717, 1.165) is 5.39 Å². The van der Waals surface area contributed by atoms with Crippen LogP contribution < -0.4 is 15.4 Å². The summed E-state index contributed by atoms with van der Waals surface area (Å²) in [7, 11) is 0. The highest BCUT2D eigenvalue weighted by molar-refractivity contribution is 5.93. The first-order valence-electron chi connectivity index (χ1n) is 7.93. The lowest BCUT2D eigenvalue weighted by molar-refractivity contribution is 0.196. The van der Waals surface area contributed by atoms with Crippen molar-refractivity contribution in [3.8, 4) is 17.0 Å². The molecule has 0 spiro atoms. The SMILES string of the molecule is Cc1c(-c2cc3cc(N)ncc3cc2F)cnc2c1N(C(=O)O)CCO2. The molecule has 0 bridgehead atoms. The first-order chi connectivity index (χ1) is 12.5. The summed E-state index contributed by atoms with van der Waals surface area (Å²) in [5, 5.41) is 10.8. The van der Waals surface area contributed by atoms with Crippen molar-refractivity contribution < 1.29 is 19.0 Å². The predicted molar refractivity (Wildman–Crippen MR) is 94.9 cm³/mol. The van der Waals surface area contributed by atoms with Crippen molar-refractivity contribution in [2.75, 3.05) is 23.8 Å². The zero-order chi connectivity index (χ0) is 18.4. The van der Waals surface area contributed by atoms with Crippen LogP contribution in [0.25, 0.3) is 21.9 Å². The number of fused-ring (bicyclic) bond motifs is 2. The number of halogens is 1. The largest absolute Gasteiger partial charge is 0.474 e. The fourth-order valence-corrected chi connectivity index (χ4v) is 3.19. The van der Waals surface area contributed by atoms with Crippen LogP contribution in [0.2, 0.25) is 0 Å². The number of aromatic nitrogens is 2. The van der Waals surface area contributed by atoms with Gasteiger partial charge in [0, 0.05) is 28.9 Å². The maximum atomic E-state index is 14.7. The van der Waals surface area contributed by atoms with Crippen molar-refractivity contribution in [3.63, 3.8) is 0 Å². The van der Waals surface area contributed by atoms with Gasteiger partial charge in [0.05, 0.1) is 6.54 Å². The van der Waals surface area contributed by atoms with Gasteiger partial charge in [-0.3, -0.25) is 4.90 Å².